The first-order valence-electron chi connectivity index (χ1n) is 8.19. The molecule has 0 radical (unpaired) electrons. The Morgan fingerprint density at radius 3 is 2.73 bits per heavy atom. The molecule has 0 atom stereocenters. The number of thiazole rings is 1. The van der Waals surface area contributed by atoms with Crippen molar-refractivity contribution >= 4 is 28.1 Å². The molecule has 0 saturated carbocycles. The van der Waals surface area contributed by atoms with Gasteiger partial charge in [-0.25, -0.2) is 9.97 Å². The lowest BCUT2D eigenvalue weighted by molar-refractivity contribution is 0.0679. The topological polar surface area (TPSA) is 88.2 Å². The van der Waals surface area contributed by atoms with Crippen LogP contribution >= 0.6 is 11.3 Å². The number of ether oxygens (including phenoxy) is 1. The van der Waals surface area contributed by atoms with E-state index in [9.17, 15) is 9.59 Å². The number of hydrogen-bond donors (Lipinski definition) is 1. The van der Waals surface area contributed by atoms with E-state index in [0.29, 0.717) is 40.5 Å². The van der Waals surface area contributed by atoms with Gasteiger partial charge in [-0.1, -0.05) is 12.1 Å². The fourth-order valence-corrected chi connectivity index (χ4v) is 3.61. The Hall–Kier alpha value is -2.58. The zero-order valence-corrected chi connectivity index (χ0v) is 15.7. The first kappa shape index (κ1) is 18.2. The molecule has 0 aliphatic heterocycles. The van der Waals surface area contributed by atoms with Crippen molar-refractivity contribution in [2.75, 3.05) is 20.3 Å². The van der Waals surface area contributed by atoms with E-state index in [1.807, 2.05) is 19.9 Å². The number of nitrogens with zero attached hydrogens (tertiary/aromatic N) is 3. The highest BCUT2D eigenvalue weighted by Crippen LogP contribution is 2.20. The van der Waals surface area contributed by atoms with Gasteiger partial charge >= 0.3 is 0 Å². The molecule has 0 spiro atoms. The summed E-state index contributed by atoms with van der Waals surface area (Å²) in [5, 5.41) is 1.37. The van der Waals surface area contributed by atoms with Crippen LogP contribution in [0.25, 0.3) is 10.9 Å². The van der Waals surface area contributed by atoms with Gasteiger partial charge in [0, 0.05) is 13.7 Å². The normalized spacial score (nSPS) is 11.0. The van der Waals surface area contributed by atoms with Crippen LogP contribution in [0.3, 0.4) is 0 Å². The highest BCUT2D eigenvalue weighted by molar-refractivity contribution is 7.13. The molecular formula is C18H20N4O3S. The Balaban J connectivity index is 1.92. The van der Waals surface area contributed by atoms with Crippen LogP contribution in [0.2, 0.25) is 0 Å². The van der Waals surface area contributed by atoms with Gasteiger partial charge in [0.25, 0.3) is 11.5 Å². The number of nitrogens with one attached hydrogen (secondary N) is 1. The smallest absolute Gasteiger partial charge is 0.266 e. The molecule has 0 unspecified atom stereocenters. The lowest BCUT2D eigenvalue weighted by Gasteiger charge is -2.21. The highest BCUT2D eigenvalue weighted by Gasteiger charge is 2.22. The Morgan fingerprint density at radius 1 is 1.27 bits per heavy atom. The van der Waals surface area contributed by atoms with Crippen LogP contribution in [0.5, 0.6) is 0 Å². The van der Waals surface area contributed by atoms with Gasteiger partial charge in [0.15, 0.2) is 0 Å². The number of methoxy groups -OCH3 is 1. The number of carbonyl (C=O) groups excluding carboxylic acids is 1. The van der Waals surface area contributed by atoms with Crippen LogP contribution in [-0.4, -0.2) is 46.0 Å². The van der Waals surface area contributed by atoms with Crippen LogP contribution in [0, 0.1) is 13.8 Å². The van der Waals surface area contributed by atoms with Crippen molar-refractivity contribution in [1.82, 2.24) is 19.9 Å². The monoisotopic (exact) mass is 372 g/mol. The van der Waals surface area contributed by atoms with Gasteiger partial charge in [-0.15, -0.1) is 11.3 Å². The summed E-state index contributed by atoms with van der Waals surface area (Å²) < 4.78 is 5.13. The van der Waals surface area contributed by atoms with E-state index in [4.69, 9.17) is 4.74 Å². The number of amides is 1. The number of rotatable bonds is 6. The maximum Gasteiger partial charge on any atom is 0.266 e. The average molecular weight is 372 g/mol. The first-order chi connectivity index (χ1) is 12.5. The van der Waals surface area contributed by atoms with Crippen molar-refractivity contribution in [3.63, 3.8) is 0 Å². The number of aromatic nitrogens is 3. The van der Waals surface area contributed by atoms with Gasteiger partial charge in [-0.3, -0.25) is 9.59 Å². The fourth-order valence-electron chi connectivity index (χ4n) is 2.72. The summed E-state index contributed by atoms with van der Waals surface area (Å²) in [5.41, 5.74) is 1.10. The molecule has 8 heteroatoms. The number of H-pyrrole nitrogens is 1. The second-order valence-electron chi connectivity index (χ2n) is 5.90. The van der Waals surface area contributed by atoms with E-state index in [1.54, 1.807) is 30.2 Å². The standard InChI is InChI=1S/C18H20N4O3S/c1-11-16(26-12(2)19-11)18(24)22(8-9-25-3)10-15-20-14-7-5-4-6-13(14)17(23)21-15/h4-7H,8-10H2,1-3H3,(H,20,21,23). The van der Waals surface area contributed by atoms with Crippen molar-refractivity contribution in [2.24, 2.45) is 0 Å². The third-order valence-corrected chi connectivity index (χ3v) is 5.01. The average Bonchev–Trinajstić information content (AvgIpc) is 2.96. The van der Waals surface area contributed by atoms with E-state index in [1.165, 1.54) is 11.3 Å². The number of benzene rings is 1. The van der Waals surface area contributed by atoms with E-state index in [2.05, 4.69) is 15.0 Å². The predicted molar refractivity (Wildman–Crippen MR) is 101 cm³/mol. The van der Waals surface area contributed by atoms with Crippen molar-refractivity contribution in [1.29, 1.82) is 0 Å². The molecule has 7 nitrogen and oxygen atoms in total. The maximum atomic E-state index is 13.0. The minimum atomic E-state index is -0.213. The SMILES string of the molecule is COCCN(Cc1nc2ccccc2c(=O)[nH]1)C(=O)c1sc(C)nc1C. The Labute approximate surface area is 154 Å². The first-order valence-corrected chi connectivity index (χ1v) is 9.01. The van der Waals surface area contributed by atoms with Gasteiger partial charge in [-0.05, 0) is 26.0 Å². The van der Waals surface area contributed by atoms with E-state index in [-0.39, 0.29) is 18.0 Å². The Kier molecular flexibility index (Phi) is 5.43. The molecule has 0 aliphatic carbocycles. The molecule has 1 N–H and O–H groups in total. The van der Waals surface area contributed by atoms with Crippen molar-refractivity contribution in [3.8, 4) is 0 Å². The zero-order valence-electron chi connectivity index (χ0n) is 14.9. The number of fused-ring (bicyclic) bond motifs is 1. The Morgan fingerprint density at radius 2 is 2.04 bits per heavy atom. The summed E-state index contributed by atoms with van der Waals surface area (Å²) in [6.07, 6.45) is 0. The quantitative estimate of drug-likeness (QED) is 0.717. The molecule has 1 aromatic carbocycles. The lowest BCUT2D eigenvalue weighted by atomic mass is 10.2. The zero-order chi connectivity index (χ0) is 18.7. The van der Waals surface area contributed by atoms with Gasteiger partial charge in [0.2, 0.25) is 0 Å². The predicted octanol–water partition coefficient (Wildman–Crippen LogP) is 2.29. The van der Waals surface area contributed by atoms with Crippen molar-refractivity contribution in [3.05, 3.63) is 56.0 Å². The molecule has 1 amide bonds. The minimum absolute atomic E-state index is 0.138. The molecule has 0 aliphatic rings. The molecule has 3 rings (SSSR count). The van der Waals surface area contributed by atoms with Gasteiger partial charge in [0.05, 0.1) is 34.8 Å². The number of carbonyl (C=O) groups is 1. The highest BCUT2D eigenvalue weighted by atomic mass is 32.1. The van der Waals surface area contributed by atoms with E-state index < -0.39 is 0 Å². The molecule has 0 fully saturated rings. The van der Waals surface area contributed by atoms with Gasteiger partial charge in [-0.2, -0.15) is 0 Å². The molecule has 0 bridgehead atoms. The second kappa shape index (κ2) is 7.76. The minimum Gasteiger partial charge on any atom is -0.383 e. The van der Waals surface area contributed by atoms with Gasteiger partial charge < -0.3 is 14.6 Å². The third kappa shape index (κ3) is 3.81. The maximum absolute atomic E-state index is 13.0. The molecule has 2 aromatic heterocycles. The lowest BCUT2D eigenvalue weighted by Crippen LogP contribution is -2.34. The van der Waals surface area contributed by atoms with E-state index >= 15 is 0 Å². The molecule has 136 valence electrons. The van der Waals surface area contributed by atoms with Crippen LogP contribution in [0.4, 0.5) is 0 Å². The number of para-hydroxylation sites is 1. The second-order valence-corrected chi connectivity index (χ2v) is 7.10. The van der Waals surface area contributed by atoms with Crippen molar-refractivity contribution in [2.45, 2.75) is 20.4 Å². The summed E-state index contributed by atoms with van der Waals surface area (Å²) in [7, 11) is 1.58. The number of aryl methyl sites for hydroxylation is 2. The molecule has 2 heterocycles. The molecule has 0 saturated heterocycles. The van der Waals surface area contributed by atoms with Gasteiger partial charge in [0.1, 0.15) is 10.7 Å². The largest absolute Gasteiger partial charge is 0.383 e. The summed E-state index contributed by atoms with van der Waals surface area (Å²) in [4.78, 5) is 39.0. The fraction of sp³-hybridized carbons (Fsp3) is 0.333. The van der Waals surface area contributed by atoms with Crippen LogP contribution in [0.15, 0.2) is 29.1 Å². The van der Waals surface area contributed by atoms with Crippen LogP contribution < -0.4 is 5.56 Å². The Bertz CT molecular complexity index is 996. The summed E-state index contributed by atoms with van der Waals surface area (Å²) in [6.45, 7) is 4.67. The van der Waals surface area contributed by atoms with E-state index in [0.717, 1.165) is 5.01 Å². The third-order valence-electron chi connectivity index (χ3n) is 3.95. The molecule has 3 aromatic rings. The molecular weight excluding hydrogens is 352 g/mol. The van der Waals surface area contributed by atoms with Crippen molar-refractivity contribution < 1.29 is 9.53 Å². The summed E-state index contributed by atoms with van der Waals surface area (Å²) in [5.74, 6) is 0.304. The summed E-state index contributed by atoms with van der Waals surface area (Å²) >= 11 is 1.37. The summed E-state index contributed by atoms with van der Waals surface area (Å²) in [6, 6.07) is 7.13. The molecule has 26 heavy (non-hydrogen) atoms. The van der Waals surface area contributed by atoms with Crippen LogP contribution in [0.1, 0.15) is 26.2 Å². The van der Waals surface area contributed by atoms with Crippen LogP contribution in [-0.2, 0) is 11.3 Å². The number of hydrogen-bond acceptors (Lipinski definition) is 6. The number of aromatic amines is 1.